The van der Waals surface area contributed by atoms with E-state index in [1.54, 1.807) is 6.07 Å². The normalized spacial score (nSPS) is 17.1. The highest BCUT2D eigenvalue weighted by Gasteiger charge is 2.38. The van der Waals surface area contributed by atoms with Gasteiger partial charge in [0.2, 0.25) is 5.91 Å². The summed E-state index contributed by atoms with van der Waals surface area (Å²) in [4.78, 5) is 12.5. The summed E-state index contributed by atoms with van der Waals surface area (Å²) in [7, 11) is 0. The number of ether oxygens (including phenoxy) is 1. The zero-order valence-electron chi connectivity index (χ0n) is 11.4. The average Bonchev–Trinajstić information content (AvgIpc) is 2.42. The molecule has 1 saturated heterocycles. The molecule has 0 aliphatic carbocycles. The third-order valence-electron chi connectivity index (χ3n) is 3.76. The maximum atomic E-state index is 12.5. The van der Waals surface area contributed by atoms with Gasteiger partial charge in [-0.25, -0.2) is 0 Å². The molecule has 112 valence electrons. The number of nitrogens with one attached hydrogen (secondary N) is 1. The lowest BCUT2D eigenvalue weighted by molar-refractivity contribution is -0.130. The summed E-state index contributed by atoms with van der Waals surface area (Å²) in [5, 5.41) is 3.63. The van der Waals surface area contributed by atoms with Gasteiger partial charge in [0.15, 0.2) is 0 Å². The van der Waals surface area contributed by atoms with Gasteiger partial charge in [-0.2, -0.15) is 0 Å². The van der Waals surface area contributed by atoms with E-state index < -0.39 is 5.41 Å². The number of carbonyl (C=O) groups excluding carboxylic acids is 1. The third-order valence-corrected chi connectivity index (χ3v) is 3.99. The Labute approximate surface area is 130 Å². The Morgan fingerprint density at radius 3 is 2.65 bits per heavy atom. The molecule has 1 aromatic rings. The fourth-order valence-corrected chi connectivity index (χ4v) is 2.53. The fourth-order valence-electron chi connectivity index (χ4n) is 2.31. The molecule has 0 spiro atoms. The van der Waals surface area contributed by atoms with Crippen LogP contribution in [0.5, 0.6) is 0 Å². The molecule has 0 bridgehead atoms. The molecule has 1 aromatic carbocycles. The van der Waals surface area contributed by atoms with Crippen molar-refractivity contribution in [3.63, 3.8) is 0 Å². The number of amides is 1. The van der Waals surface area contributed by atoms with Crippen LogP contribution in [0.25, 0.3) is 0 Å². The molecule has 0 atom stereocenters. The van der Waals surface area contributed by atoms with E-state index in [1.807, 2.05) is 19.1 Å². The minimum absolute atomic E-state index is 0. The molecule has 3 N–H and O–H groups in total. The summed E-state index contributed by atoms with van der Waals surface area (Å²) >= 11 is 5.91. The smallest absolute Gasteiger partial charge is 0.232 e. The lowest BCUT2D eigenvalue weighted by atomic mass is 9.79. The van der Waals surface area contributed by atoms with Crippen molar-refractivity contribution in [2.75, 3.05) is 25.1 Å². The number of hydrogen-bond donors (Lipinski definition) is 2. The van der Waals surface area contributed by atoms with Gasteiger partial charge in [-0.3, -0.25) is 4.79 Å². The van der Waals surface area contributed by atoms with Crippen molar-refractivity contribution in [2.24, 2.45) is 11.1 Å². The number of carbonyl (C=O) groups is 1. The van der Waals surface area contributed by atoms with Gasteiger partial charge in [0, 0.05) is 30.5 Å². The summed E-state index contributed by atoms with van der Waals surface area (Å²) in [6.07, 6.45) is 1.34. The molecule has 0 aromatic heterocycles. The van der Waals surface area contributed by atoms with Crippen LogP contribution in [0, 0.1) is 12.3 Å². The Bertz CT molecular complexity index is 474. The molecule has 1 aliphatic rings. The van der Waals surface area contributed by atoms with Crippen molar-refractivity contribution in [3.05, 3.63) is 28.8 Å². The molecule has 0 unspecified atom stereocenters. The SMILES string of the molecule is Cc1cc(Cl)ccc1NC(=O)C1(CN)CCOCC1.Cl. The predicted octanol–water partition coefficient (Wildman–Crippen LogP) is 2.76. The number of anilines is 1. The topological polar surface area (TPSA) is 64.4 Å². The highest BCUT2D eigenvalue weighted by atomic mass is 35.5. The molecule has 4 nitrogen and oxygen atoms in total. The van der Waals surface area contributed by atoms with Crippen LogP contribution in [0.1, 0.15) is 18.4 Å². The van der Waals surface area contributed by atoms with E-state index in [-0.39, 0.29) is 18.3 Å². The Hall–Kier alpha value is -0.810. The van der Waals surface area contributed by atoms with Crippen LogP contribution in [0.15, 0.2) is 18.2 Å². The van der Waals surface area contributed by atoms with E-state index in [0.29, 0.717) is 37.6 Å². The lowest BCUT2D eigenvalue weighted by Gasteiger charge is -2.34. The first kappa shape index (κ1) is 17.2. The van der Waals surface area contributed by atoms with Gasteiger partial charge in [0.05, 0.1) is 5.41 Å². The average molecular weight is 319 g/mol. The van der Waals surface area contributed by atoms with Gasteiger partial charge < -0.3 is 15.8 Å². The molecular weight excluding hydrogens is 299 g/mol. The standard InChI is InChI=1S/C14H19ClN2O2.ClH/c1-10-8-11(15)2-3-12(10)17-13(18)14(9-16)4-6-19-7-5-14;/h2-3,8H,4-7,9,16H2,1H3,(H,17,18);1H. The minimum Gasteiger partial charge on any atom is -0.381 e. The maximum absolute atomic E-state index is 12.5. The predicted molar refractivity (Wildman–Crippen MR) is 83.6 cm³/mol. The minimum atomic E-state index is -0.510. The molecule has 0 saturated carbocycles. The molecule has 1 fully saturated rings. The van der Waals surface area contributed by atoms with Crippen molar-refractivity contribution in [3.8, 4) is 0 Å². The van der Waals surface area contributed by atoms with E-state index in [4.69, 9.17) is 22.1 Å². The maximum Gasteiger partial charge on any atom is 0.232 e. The van der Waals surface area contributed by atoms with Crippen molar-refractivity contribution in [1.82, 2.24) is 0 Å². The van der Waals surface area contributed by atoms with Crippen LogP contribution in [-0.2, 0) is 9.53 Å². The third kappa shape index (κ3) is 3.64. The Morgan fingerprint density at radius 1 is 1.45 bits per heavy atom. The van der Waals surface area contributed by atoms with Gasteiger partial charge in [-0.05, 0) is 43.5 Å². The van der Waals surface area contributed by atoms with E-state index in [1.165, 1.54) is 0 Å². The second-order valence-electron chi connectivity index (χ2n) is 5.01. The zero-order valence-corrected chi connectivity index (χ0v) is 13.0. The van der Waals surface area contributed by atoms with Crippen molar-refractivity contribution in [2.45, 2.75) is 19.8 Å². The molecule has 1 amide bonds. The molecule has 0 radical (unpaired) electrons. The number of nitrogens with two attached hydrogens (primary N) is 1. The van der Waals surface area contributed by atoms with Crippen LogP contribution < -0.4 is 11.1 Å². The lowest BCUT2D eigenvalue weighted by Crippen LogP contribution is -2.46. The summed E-state index contributed by atoms with van der Waals surface area (Å²) in [5.41, 5.74) is 7.04. The largest absolute Gasteiger partial charge is 0.381 e. The number of aryl methyl sites for hydroxylation is 1. The molecule has 1 aliphatic heterocycles. The van der Waals surface area contributed by atoms with Crippen molar-refractivity contribution >= 4 is 35.6 Å². The number of benzene rings is 1. The number of halogens is 2. The summed E-state index contributed by atoms with van der Waals surface area (Å²) in [6, 6.07) is 5.42. The first-order valence-corrected chi connectivity index (χ1v) is 6.81. The second kappa shape index (κ2) is 7.27. The summed E-state index contributed by atoms with van der Waals surface area (Å²) in [6.45, 7) is 3.43. The molecule has 2 rings (SSSR count). The highest BCUT2D eigenvalue weighted by Crippen LogP contribution is 2.31. The van der Waals surface area contributed by atoms with Crippen LogP contribution in [0.4, 0.5) is 5.69 Å². The van der Waals surface area contributed by atoms with E-state index in [2.05, 4.69) is 5.32 Å². The second-order valence-corrected chi connectivity index (χ2v) is 5.45. The Kier molecular flexibility index (Phi) is 6.27. The monoisotopic (exact) mass is 318 g/mol. The first-order chi connectivity index (χ1) is 9.07. The Balaban J connectivity index is 0.00000200. The van der Waals surface area contributed by atoms with Crippen LogP contribution in [0.3, 0.4) is 0 Å². The van der Waals surface area contributed by atoms with Gasteiger partial charge in [0.1, 0.15) is 0 Å². The van der Waals surface area contributed by atoms with Gasteiger partial charge in [-0.1, -0.05) is 11.6 Å². The molecule has 20 heavy (non-hydrogen) atoms. The molecule has 1 heterocycles. The first-order valence-electron chi connectivity index (χ1n) is 6.43. The Morgan fingerprint density at radius 2 is 2.10 bits per heavy atom. The van der Waals surface area contributed by atoms with E-state index in [0.717, 1.165) is 11.3 Å². The van der Waals surface area contributed by atoms with Crippen LogP contribution in [-0.4, -0.2) is 25.7 Å². The van der Waals surface area contributed by atoms with E-state index in [9.17, 15) is 4.79 Å². The zero-order chi connectivity index (χ0) is 13.9. The van der Waals surface area contributed by atoms with Gasteiger partial charge >= 0.3 is 0 Å². The number of hydrogen-bond acceptors (Lipinski definition) is 3. The van der Waals surface area contributed by atoms with E-state index >= 15 is 0 Å². The summed E-state index contributed by atoms with van der Waals surface area (Å²) in [5.74, 6) is -0.0243. The highest BCUT2D eigenvalue weighted by molar-refractivity contribution is 6.30. The van der Waals surface area contributed by atoms with Crippen molar-refractivity contribution < 1.29 is 9.53 Å². The molecule has 6 heteroatoms. The molecular formula is C14H20Cl2N2O2. The number of rotatable bonds is 3. The van der Waals surface area contributed by atoms with Crippen LogP contribution >= 0.6 is 24.0 Å². The summed E-state index contributed by atoms with van der Waals surface area (Å²) < 4.78 is 5.31. The van der Waals surface area contributed by atoms with Gasteiger partial charge in [0.25, 0.3) is 0 Å². The van der Waals surface area contributed by atoms with Crippen molar-refractivity contribution in [1.29, 1.82) is 0 Å². The quantitative estimate of drug-likeness (QED) is 0.900. The van der Waals surface area contributed by atoms with Crippen LogP contribution in [0.2, 0.25) is 5.02 Å². The fraction of sp³-hybridized carbons (Fsp3) is 0.500. The van der Waals surface area contributed by atoms with Gasteiger partial charge in [-0.15, -0.1) is 12.4 Å².